The first-order valence-electron chi connectivity index (χ1n) is 8.60. The molecule has 2 N–H and O–H groups in total. The van der Waals surface area contributed by atoms with Gasteiger partial charge in [-0.3, -0.25) is 4.90 Å². The zero-order chi connectivity index (χ0) is 19.9. The van der Waals surface area contributed by atoms with E-state index < -0.39 is 12.7 Å². The van der Waals surface area contributed by atoms with Gasteiger partial charge in [0, 0.05) is 43.1 Å². The SMILES string of the molecule is Nc1ccc(N2CCN(CC(F)(F)F)CC2)cc1-c1ncc(Br)n2ncnc12. The minimum atomic E-state index is -4.17. The third kappa shape index (κ3) is 3.76. The van der Waals surface area contributed by atoms with Crippen LogP contribution in [0.25, 0.3) is 16.9 Å². The summed E-state index contributed by atoms with van der Waals surface area (Å²) in [5.74, 6) is 0. The molecule has 0 aliphatic carbocycles. The number of rotatable bonds is 3. The van der Waals surface area contributed by atoms with E-state index in [4.69, 9.17) is 5.73 Å². The number of benzene rings is 1. The van der Waals surface area contributed by atoms with E-state index in [-0.39, 0.29) is 0 Å². The van der Waals surface area contributed by atoms with Crippen molar-refractivity contribution < 1.29 is 13.2 Å². The summed E-state index contributed by atoms with van der Waals surface area (Å²) in [5.41, 5.74) is 9.47. The van der Waals surface area contributed by atoms with Gasteiger partial charge in [0.25, 0.3) is 0 Å². The lowest BCUT2D eigenvalue weighted by Crippen LogP contribution is -2.49. The minimum absolute atomic E-state index is 0.351. The summed E-state index contributed by atoms with van der Waals surface area (Å²) in [5, 5.41) is 4.15. The first kappa shape index (κ1) is 18.9. The number of aromatic nitrogens is 4. The number of alkyl halides is 3. The average Bonchev–Trinajstić information content (AvgIpc) is 3.13. The number of hydrogen-bond acceptors (Lipinski definition) is 6. The van der Waals surface area contributed by atoms with E-state index in [9.17, 15) is 13.2 Å². The van der Waals surface area contributed by atoms with E-state index in [2.05, 4.69) is 35.9 Å². The maximum absolute atomic E-state index is 12.6. The van der Waals surface area contributed by atoms with E-state index in [0.717, 1.165) is 5.69 Å². The van der Waals surface area contributed by atoms with E-state index in [0.29, 0.717) is 53.4 Å². The Morgan fingerprint density at radius 1 is 1.11 bits per heavy atom. The van der Waals surface area contributed by atoms with Gasteiger partial charge in [0.15, 0.2) is 5.65 Å². The average molecular weight is 456 g/mol. The molecule has 0 amide bonds. The lowest BCUT2D eigenvalue weighted by atomic mass is 10.1. The van der Waals surface area contributed by atoms with E-state index in [1.165, 1.54) is 11.2 Å². The van der Waals surface area contributed by atoms with Crippen molar-refractivity contribution in [2.24, 2.45) is 0 Å². The Morgan fingerprint density at radius 3 is 2.57 bits per heavy atom. The molecule has 1 fully saturated rings. The van der Waals surface area contributed by atoms with Gasteiger partial charge in [-0.2, -0.15) is 18.3 Å². The van der Waals surface area contributed by atoms with Gasteiger partial charge in [0.2, 0.25) is 0 Å². The van der Waals surface area contributed by atoms with Gasteiger partial charge in [-0.05, 0) is 34.1 Å². The second-order valence-corrected chi connectivity index (χ2v) is 7.39. The fourth-order valence-electron chi connectivity index (χ4n) is 3.34. The van der Waals surface area contributed by atoms with Crippen molar-refractivity contribution in [3.05, 3.63) is 35.3 Å². The number of anilines is 2. The predicted octanol–water partition coefficient (Wildman–Crippen LogP) is 2.82. The van der Waals surface area contributed by atoms with E-state index >= 15 is 0 Å². The number of nitrogens with zero attached hydrogens (tertiary/aromatic N) is 6. The monoisotopic (exact) mass is 455 g/mol. The summed E-state index contributed by atoms with van der Waals surface area (Å²) in [6.07, 6.45) is -1.11. The van der Waals surface area contributed by atoms with Crippen molar-refractivity contribution in [2.75, 3.05) is 43.4 Å². The number of nitrogens with two attached hydrogens (primary N) is 1. The maximum Gasteiger partial charge on any atom is 0.401 e. The highest BCUT2D eigenvalue weighted by molar-refractivity contribution is 9.10. The van der Waals surface area contributed by atoms with Crippen molar-refractivity contribution in [2.45, 2.75) is 6.18 Å². The smallest absolute Gasteiger partial charge is 0.398 e. The zero-order valence-corrected chi connectivity index (χ0v) is 16.3. The van der Waals surface area contributed by atoms with Crippen LogP contribution in [0.2, 0.25) is 0 Å². The lowest BCUT2D eigenvalue weighted by Gasteiger charge is -2.36. The van der Waals surface area contributed by atoms with Gasteiger partial charge < -0.3 is 10.6 Å². The van der Waals surface area contributed by atoms with Gasteiger partial charge in [0.05, 0.1) is 12.7 Å². The van der Waals surface area contributed by atoms with Crippen molar-refractivity contribution in [1.29, 1.82) is 0 Å². The highest BCUT2D eigenvalue weighted by Crippen LogP contribution is 2.32. The quantitative estimate of drug-likeness (QED) is 0.612. The van der Waals surface area contributed by atoms with E-state index in [1.807, 2.05) is 12.1 Å². The summed E-state index contributed by atoms with van der Waals surface area (Å²) in [7, 11) is 0. The molecule has 28 heavy (non-hydrogen) atoms. The molecule has 3 heterocycles. The van der Waals surface area contributed by atoms with Crippen LogP contribution in [-0.2, 0) is 0 Å². The number of fused-ring (bicyclic) bond motifs is 1. The van der Waals surface area contributed by atoms with Crippen LogP contribution in [0.3, 0.4) is 0 Å². The topological polar surface area (TPSA) is 75.6 Å². The Bertz CT molecular complexity index is 996. The molecular formula is C17H17BrF3N7. The summed E-state index contributed by atoms with van der Waals surface area (Å²) in [4.78, 5) is 12.2. The van der Waals surface area contributed by atoms with Crippen molar-refractivity contribution in [3.8, 4) is 11.3 Å². The number of nitrogen functional groups attached to an aromatic ring is 1. The lowest BCUT2D eigenvalue weighted by molar-refractivity contribution is -0.146. The molecule has 11 heteroatoms. The van der Waals surface area contributed by atoms with Crippen LogP contribution in [-0.4, -0.2) is 63.4 Å². The fourth-order valence-corrected chi connectivity index (χ4v) is 3.71. The second kappa shape index (κ2) is 7.21. The van der Waals surface area contributed by atoms with Crippen LogP contribution in [0, 0.1) is 0 Å². The third-order valence-electron chi connectivity index (χ3n) is 4.69. The molecule has 0 radical (unpaired) electrons. The first-order valence-corrected chi connectivity index (χ1v) is 9.39. The largest absolute Gasteiger partial charge is 0.401 e. The van der Waals surface area contributed by atoms with E-state index in [1.54, 1.807) is 16.8 Å². The molecule has 7 nitrogen and oxygen atoms in total. The molecule has 2 aromatic heterocycles. The molecule has 148 valence electrons. The maximum atomic E-state index is 12.6. The van der Waals surface area contributed by atoms with Crippen LogP contribution in [0.4, 0.5) is 24.5 Å². The molecule has 0 atom stereocenters. The summed E-state index contributed by atoms with van der Waals surface area (Å²) in [6.45, 7) is 0.844. The molecule has 0 unspecified atom stereocenters. The molecule has 0 spiro atoms. The summed E-state index contributed by atoms with van der Waals surface area (Å²) >= 11 is 3.38. The molecule has 1 aliphatic rings. The van der Waals surface area contributed by atoms with Gasteiger partial charge >= 0.3 is 6.18 Å². The molecule has 4 rings (SSSR count). The highest BCUT2D eigenvalue weighted by atomic mass is 79.9. The zero-order valence-electron chi connectivity index (χ0n) is 14.7. The molecule has 1 saturated heterocycles. The molecule has 0 bridgehead atoms. The predicted molar refractivity (Wildman–Crippen MR) is 103 cm³/mol. The molecular weight excluding hydrogens is 439 g/mol. The normalized spacial score (nSPS) is 16.1. The van der Waals surface area contributed by atoms with Crippen LogP contribution in [0.5, 0.6) is 0 Å². The van der Waals surface area contributed by atoms with Gasteiger partial charge in [0.1, 0.15) is 16.6 Å². The van der Waals surface area contributed by atoms with Crippen molar-refractivity contribution in [1.82, 2.24) is 24.5 Å². The minimum Gasteiger partial charge on any atom is -0.398 e. The van der Waals surface area contributed by atoms with Crippen LogP contribution in [0.1, 0.15) is 0 Å². The highest BCUT2D eigenvalue weighted by Gasteiger charge is 2.32. The van der Waals surface area contributed by atoms with Gasteiger partial charge in [-0.25, -0.2) is 14.5 Å². The Labute approximate surface area is 167 Å². The number of halogens is 4. The standard InChI is InChI=1S/C17H17BrF3N7/c18-14-8-23-15(16-24-10-25-28(14)16)12-7-11(1-2-13(12)22)27-5-3-26(4-6-27)9-17(19,20)21/h1-2,7-8,10H,3-6,9,22H2. The third-order valence-corrected chi connectivity index (χ3v) is 5.24. The van der Waals surface area contributed by atoms with Crippen molar-refractivity contribution in [3.63, 3.8) is 0 Å². The second-order valence-electron chi connectivity index (χ2n) is 6.57. The van der Waals surface area contributed by atoms with Crippen molar-refractivity contribution >= 4 is 33.0 Å². The van der Waals surface area contributed by atoms with Crippen LogP contribution < -0.4 is 10.6 Å². The Morgan fingerprint density at radius 2 is 1.86 bits per heavy atom. The summed E-state index contributed by atoms with van der Waals surface area (Å²) in [6, 6.07) is 5.56. The molecule has 1 aromatic carbocycles. The first-order chi connectivity index (χ1) is 13.3. The Hall–Kier alpha value is -2.40. The molecule has 1 aliphatic heterocycles. The van der Waals surface area contributed by atoms with Crippen LogP contribution in [0.15, 0.2) is 35.3 Å². The number of piperazine rings is 1. The Balaban J connectivity index is 1.60. The Kier molecular flexibility index (Phi) is 4.88. The van der Waals surface area contributed by atoms with Gasteiger partial charge in [-0.15, -0.1) is 0 Å². The van der Waals surface area contributed by atoms with Gasteiger partial charge in [-0.1, -0.05) is 0 Å². The molecule has 0 saturated carbocycles. The summed E-state index contributed by atoms with van der Waals surface area (Å²) < 4.78 is 40.0. The number of hydrogen-bond donors (Lipinski definition) is 1. The molecule has 3 aromatic rings. The fraction of sp³-hybridized carbons (Fsp3) is 0.353. The van der Waals surface area contributed by atoms with Crippen LogP contribution >= 0.6 is 15.9 Å².